The first-order valence-electron chi connectivity index (χ1n) is 9.16. The predicted molar refractivity (Wildman–Crippen MR) is 106 cm³/mol. The van der Waals surface area contributed by atoms with Crippen molar-refractivity contribution < 1.29 is 4.39 Å². The molecule has 0 amide bonds. The van der Waals surface area contributed by atoms with Gasteiger partial charge in [0.05, 0.1) is 12.2 Å². The zero-order valence-corrected chi connectivity index (χ0v) is 16.7. The van der Waals surface area contributed by atoms with Crippen LogP contribution in [-0.4, -0.2) is 26.4 Å². The Morgan fingerprint density at radius 3 is 2.67 bits per heavy atom. The number of hydrogen-bond acceptors (Lipinski definition) is 5. The van der Waals surface area contributed by atoms with Gasteiger partial charge in [-0.15, -0.1) is 11.3 Å². The van der Waals surface area contributed by atoms with Crippen LogP contribution < -0.4 is 0 Å². The monoisotopic (exact) mass is 382 g/mol. The van der Waals surface area contributed by atoms with Crippen LogP contribution in [-0.2, 0) is 24.9 Å². The molecule has 3 aromatic rings. The molecule has 0 unspecified atom stereocenters. The van der Waals surface area contributed by atoms with E-state index in [2.05, 4.69) is 30.7 Å². The van der Waals surface area contributed by atoms with Gasteiger partial charge in [-0.3, -0.25) is 4.90 Å². The molecule has 3 heterocycles. The van der Waals surface area contributed by atoms with Crippen molar-refractivity contribution in [3.8, 4) is 11.3 Å². The van der Waals surface area contributed by atoms with Gasteiger partial charge in [-0.1, -0.05) is 20.8 Å². The van der Waals surface area contributed by atoms with E-state index in [1.165, 1.54) is 23.4 Å². The fraction of sp³-hybridized carbons (Fsp3) is 0.381. The Morgan fingerprint density at radius 2 is 1.93 bits per heavy atom. The maximum Gasteiger partial charge on any atom is 0.133 e. The summed E-state index contributed by atoms with van der Waals surface area (Å²) in [6.45, 7) is 9.07. The molecule has 1 aliphatic heterocycles. The van der Waals surface area contributed by atoms with Crippen molar-refractivity contribution in [1.82, 2.24) is 19.9 Å². The van der Waals surface area contributed by atoms with Gasteiger partial charge >= 0.3 is 0 Å². The number of halogens is 1. The number of aromatic nitrogens is 3. The molecular formula is C21H23FN4S. The molecule has 0 aliphatic carbocycles. The molecule has 2 aromatic heterocycles. The average molecular weight is 383 g/mol. The summed E-state index contributed by atoms with van der Waals surface area (Å²) >= 11 is 1.65. The van der Waals surface area contributed by atoms with Crippen molar-refractivity contribution in [2.75, 3.05) is 6.54 Å². The summed E-state index contributed by atoms with van der Waals surface area (Å²) in [6, 6.07) is 6.49. The molecule has 0 fully saturated rings. The van der Waals surface area contributed by atoms with Gasteiger partial charge in [0.1, 0.15) is 16.6 Å². The maximum atomic E-state index is 13.1. The Balaban J connectivity index is 1.45. The van der Waals surface area contributed by atoms with Crippen molar-refractivity contribution in [1.29, 1.82) is 0 Å². The molecule has 0 bridgehead atoms. The van der Waals surface area contributed by atoms with Crippen LogP contribution in [0.5, 0.6) is 0 Å². The lowest BCUT2D eigenvalue weighted by molar-refractivity contribution is 0.242. The first kappa shape index (κ1) is 18.2. The Hall–Kier alpha value is -2.18. The predicted octanol–water partition coefficient (Wildman–Crippen LogP) is 4.60. The minimum atomic E-state index is -0.224. The van der Waals surface area contributed by atoms with E-state index < -0.39 is 0 Å². The van der Waals surface area contributed by atoms with Crippen molar-refractivity contribution >= 4 is 11.3 Å². The quantitative estimate of drug-likeness (QED) is 0.664. The largest absolute Gasteiger partial charge is 0.292 e. The van der Waals surface area contributed by atoms with Crippen LogP contribution in [0.15, 0.2) is 35.8 Å². The summed E-state index contributed by atoms with van der Waals surface area (Å²) in [7, 11) is 0. The van der Waals surface area contributed by atoms with E-state index in [9.17, 15) is 4.39 Å². The van der Waals surface area contributed by atoms with Gasteiger partial charge in [0, 0.05) is 53.3 Å². The molecule has 1 aromatic carbocycles. The third-order valence-corrected chi connectivity index (χ3v) is 5.57. The summed E-state index contributed by atoms with van der Waals surface area (Å²) in [6.07, 6.45) is 2.93. The summed E-state index contributed by atoms with van der Waals surface area (Å²) in [4.78, 5) is 16.5. The Labute approximate surface area is 163 Å². The van der Waals surface area contributed by atoms with Crippen LogP contribution in [0.3, 0.4) is 0 Å². The highest BCUT2D eigenvalue weighted by molar-refractivity contribution is 7.09. The van der Waals surface area contributed by atoms with Crippen LogP contribution >= 0.6 is 11.3 Å². The molecule has 0 saturated carbocycles. The van der Waals surface area contributed by atoms with Gasteiger partial charge in [0.25, 0.3) is 0 Å². The van der Waals surface area contributed by atoms with Crippen LogP contribution in [0, 0.1) is 5.82 Å². The molecule has 0 N–H and O–H groups in total. The van der Waals surface area contributed by atoms with Gasteiger partial charge in [-0.2, -0.15) is 0 Å². The lowest BCUT2D eigenvalue weighted by Crippen LogP contribution is -2.31. The third-order valence-electron chi connectivity index (χ3n) is 4.73. The fourth-order valence-electron chi connectivity index (χ4n) is 3.20. The minimum absolute atomic E-state index is 0.0240. The second-order valence-corrected chi connectivity index (χ2v) is 8.95. The summed E-state index contributed by atoms with van der Waals surface area (Å²) < 4.78 is 13.1. The molecule has 0 radical (unpaired) electrons. The minimum Gasteiger partial charge on any atom is -0.292 e. The van der Waals surface area contributed by atoms with Crippen LogP contribution in [0.2, 0.25) is 0 Å². The van der Waals surface area contributed by atoms with E-state index in [1.807, 2.05) is 11.6 Å². The van der Waals surface area contributed by atoms with Crippen LogP contribution in [0.25, 0.3) is 11.3 Å². The highest BCUT2D eigenvalue weighted by Crippen LogP contribution is 2.26. The average Bonchev–Trinajstić information content (AvgIpc) is 3.09. The van der Waals surface area contributed by atoms with Crippen molar-refractivity contribution in [2.45, 2.75) is 45.7 Å². The van der Waals surface area contributed by atoms with Gasteiger partial charge in [0.2, 0.25) is 0 Å². The molecule has 6 heteroatoms. The van der Waals surface area contributed by atoms with Crippen molar-refractivity contribution in [3.05, 3.63) is 63.7 Å². The molecule has 4 nitrogen and oxygen atoms in total. The molecule has 0 saturated heterocycles. The topological polar surface area (TPSA) is 41.9 Å². The lowest BCUT2D eigenvalue weighted by atomic mass is 9.95. The summed E-state index contributed by atoms with van der Waals surface area (Å²) in [5.74, 6) is 0.691. The second-order valence-electron chi connectivity index (χ2n) is 8.01. The van der Waals surface area contributed by atoms with E-state index in [0.29, 0.717) is 0 Å². The molecule has 0 spiro atoms. The van der Waals surface area contributed by atoms with Gasteiger partial charge in [0.15, 0.2) is 0 Å². The SMILES string of the molecule is CC(C)(C)c1ncc2c(n1)CCN(Cc1nc(-c3ccc(F)cc3)cs1)C2. The highest BCUT2D eigenvalue weighted by Gasteiger charge is 2.23. The standard InChI is InChI=1S/C21H23FN4S/c1-21(2,3)20-23-10-15-11-26(9-8-17(15)25-20)12-19-24-18(13-27-19)14-4-6-16(22)7-5-14/h4-7,10,13H,8-9,11-12H2,1-3H3. The van der Waals surface area contributed by atoms with Gasteiger partial charge < -0.3 is 0 Å². The number of thiazole rings is 1. The molecule has 27 heavy (non-hydrogen) atoms. The molecule has 0 atom stereocenters. The van der Waals surface area contributed by atoms with E-state index in [4.69, 9.17) is 9.97 Å². The number of fused-ring (bicyclic) bond motifs is 1. The lowest BCUT2D eigenvalue weighted by Gasteiger charge is -2.28. The number of nitrogens with zero attached hydrogens (tertiary/aromatic N) is 4. The van der Waals surface area contributed by atoms with E-state index in [1.54, 1.807) is 23.5 Å². The fourth-order valence-corrected chi connectivity index (χ4v) is 4.04. The second kappa shape index (κ2) is 7.09. The van der Waals surface area contributed by atoms with Crippen molar-refractivity contribution in [3.63, 3.8) is 0 Å². The zero-order valence-electron chi connectivity index (χ0n) is 15.9. The Bertz CT molecular complexity index is 944. The van der Waals surface area contributed by atoms with Gasteiger partial charge in [-0.05, 0) is 24.3 Å². The molecule has 4 rings (SSSR count). The van der Waals surface area contributed by atoms with Crippen LogP contribution in [0.4, 0.5) is 4.39 Å². The Kier molecular flexibility index (Phi) is 4.78. The van der Waals surface area contributed by atoms with E-state index >= 15 is 0 Å². The van der Waals surface area contributed by atoms with Gasteiger partial charge in [-0.25, -0.2) is 19.3 Å². The number of benzene rings is 1. The van der Waals surface area contributed by atoms with Crippen LogP contribution in [0.1, 0.15) is 42.9 Å². The highest BCUT2D eigenvalue weighted by atomic mass is 32.1. The van der Waals surface area contributed by atoms with Crippen molar-refractivity contribution in [2.24, 2.45) is 0 Å². The summed E-state index contributed by atoms with van der Waals surface area (Å²) in [5, 5.41) is 3.11. The zero-order chi connectivity index (χ0) is 19.0. The normalized spacial score (nSPS) is 15.0. The smallest absolute Gasteiger partial charge is 0.133 e. The maximum absolute atomic E-state index is 13.1. The first-order chi connectivity index (χ1) is 12.9. The van der Waals surface area contributed by atoms with E-state index in [0.717, 1.165) is 48.1 Å². The molecule has 1 aliphatic rings. The summed E-state index contributed by atoms with van der Waals surface area (Å²) in [5.41, 5.74) is 4.22. The third kappa shape index (κ3) is 4.06. The molecule has 140 valence electrons. The first-order valence-corrected chi connectivity index (χ1v) is 10.0. The Morgan fingerprint density at radius 1 is 1.15 bits per heavy atom. The number of rotatable bonds is 3. The molecular weight excluding hydrogens is 359 g/mol. The van der Waals surface area contributed by atoms with E-state index in [-0.39, 0.29) is 11.2 Å². The number of hydrogen-bond donors (Lipinski definition) is 0.